The van der Waals surface area contributed by atoms with E-state index in [2.05, 4.69) is 24.3 Å². The Morgan fingerprint density at radius 2 is 1.86 bits per heavy atom. The van der Waals surface area contributed by atoms with E-state index in [9.17, 15) is 9.59 Å². The molecule has 1 amide bonds. The van der Waals surface area contributed by atoms with E-state index in [0.717, 1.165) is 16.9 Å². The molecular weight excluding hydrogens is 370 g/mol. The second kappa shape index (κ2) is 8.97. The highest BCUT2D eigenvalue weighted by Crippen LogP contribution is 2.25. The minimum absolute atomic E-state index is 0.0902. The smallest absolute Gasteiger partial charge is 0.267 e. The first-order valence-corrected chi connectivity index (χ1v) is 10.2. The molecule has 1 atom stereocenters. The zero-order valence-corrected chi connectivity index (χ0v) is 17.2. The highest BCUT2D eigenvalue weighted by Gasteiger charge is 2.17. The van der Waals surface area contributed by atoms with Crippen molar-refractivity contribution < 1.29 is 4.79 Å². The summed E-state index contributed by atoms with van der Waals surface area (Å²) in [7, 11) is 0. The largest absolute Gasteiger partial charge is 0.348 e. The lowest BCUT2D eigenvalue weighted by Crippen LogP contribution is -2.36. The number of nitrogens with zero attached hydrogens (tertiary/aromatic N) is 2. The Balaban J connectivity index is 1.77. The van der Waals surface area contributed by atoms with Gasteiger partial charge in [0.2, 0.25) is 5.91 Å². The number of thiophene rings is 1. The number of hydrogen-bond acceptors (Lipinski definition) is 4. The van der Waals surface area contributed by atoms with Crippen molar-refractivity contribution in [3.8, 4) is 10.6 Å². The van der Waals surface area contributed by atoms with Gasteiger partial charge < -0.3 is 5.32 Å². The van der Waals surface area contributed by atoms with Crippen molar-refractivity contribution >= 4 is 17.2 Å². The molecule has 6 heteroatoms. The summed E-state index contributed by atoms with van der Waals surface area (Å²) in [5, 5.41) is 7.46. The number of aromatic nitrogens is 2. The van der Waals surface area contributed by atoms with Crippen LogP contribution in [0, 0.1) is 12.8 Å². The SMILES string of the molecule is Cc1ccc(-c2ccc(=O)n(CC(=O)NC(CC(C)C)c3ccccc3)n2)s1. The third kappa shape index (κ3) is 5.16. The lowest BCUT2D eigenvalue weighted by atomic mass is 9.97. The summed E-state index contributed by atoms with van der Waals surface area (Å²) in [4.78, 5) is 27.0. The van der Waals surface area contributed by atoms with Crippen molar-refractivity contribution in [1.82, 2.24) is 15.1 Å². The second-order valence-corrected chi connectivity index (χ2v) is 8.57. The molecule has 2 aromatic heterocycles. The summed E-state index contributed by atoms with van der Waals surface area (Å²) < 4.78 is 1.23. The van der Waals surface area contributed by atoms with Crippen LogP contribution in [0.4, 0.5) is 0 Å². The maximum atomic E-state index is 12.7. The molecule has 0 saturated carbocycles. The van der Waals surface area contributed by atoms with E-state index in [1.165, 1.54) is 15.6 Å². The number of benzene rings is 1. The molecule has 3 rings (SSSR count). The van der Waals surface area contributed by atoms with Crippen LogP contribution < -0.4 is 10.9 Å². The minimum Gasteiger partial charge on any atom is -0.348 e. The molecule has 0 radical (unpaired) electrons. The van der Waals surface area contributed by atoms with Crippen LogP contribution in [0.3, 0.4) is 0 Å². The zero-order chi connectivity index (χ0) is 20.1. The molecule has 28 heavy (non-hydrogen) atoms. The Kier molecular flexibility index (Phi) is 6.41. The lowest BCUT2D eigenvalue weighted by molar-refractivity contribution is -0.122. The van der Waals surface area contributed by atoms with Crippen LogP contribution in [0.1, 0.15) is 36.8 Å². The molecule has 0 saturated heterocycles. The average molecular weight is 396 g/mol. The minimum atomic E-state index is -0.285. The number of carbonyl (C=O) groups excluding carboxylic acids is 1. The Hall–Kier alpha value is -2.73. The Bertz CT molecular complexity index is 992. The fraction of sp³-hybridized carbons (Fsp3) is 0.318. The van der Waals surface area contributed by atoms with E-state index in [-0.39, 0.29) is 24.1 Å². The lowest BCUT2D eigenvalue weighted by Gasteiger charge is -2.21. The Labute approximate surface area is 169 Å². The summed E-state index contributed by atoms with van der Waals surface area (Å²) >= 11 is 1.61. The van der Waals surface area contributed by atoms with Crippen LogP contribution in [0.25, 0.3) is 10.6 Å². The molecule has 2 heterocycles. The average Bonchev–Trinajstić information content (AvgIpc) is 3.10. The Morgan fingerprint density at radius 3 is 2.50 bits per heavy atom. The fourth-order valence-electron chi connectivity index (χ4n) is 3.08. The van der Waals surface area contributed by atoms with Crippen molar-refractivity contribution in [1.29, 1.82) is 0 Å². The summed E-state index contributed by atoms with van der Waals surface area (Å²) in [6.45, 7) is 6.18. The Morgan fingerprint density at radius 1 is 1.11 bits per heavy atom. The molecule has 0 spiro atoms. The molecule has 5 nitrogen and oxygen atoms in total. The normalized spacial score (nSPS) is 12.1. The van der Waals surface area contributed by atoms with Gasteiger partial charge >= 0.3 is 0 Å². The summed E-state index contributed by atoms with van der Waals surface area (Å²) in [6.07, 6.45) is 0.826. The second-order valence-electron chi connectivity index (χ2n) is 7.29. The van der Waals surface area contributed by atoms with Crippen molar-refractivity contribution in [3.63, 3.8) is 0 Å². The monoisotopic (exact) mass is 395 g/mol. The fourth-order valence-corrected chi connectivity index (χ4v) is 3.91. The molecule has 146 valence electrons. The van der Waals surface area contributed by atoms with Crippen LogP contribution in [0.15, 0.2) is 59.4 Å². The number of aryl methyl sites for hydroxylation is 1. The highest BCUT2D eigenvalue weighted by atomic mass is 32.1. The van der Waals surface area contributed by atoms with Gasteiger partial charge in [0, 0.05) is 10.9 Å². The van der Waals surface area contributed by atoms with E-state index in [1.807, 2.05) is 49.4 Å². The van der Waals surface area contributed by atoms with Crippen molar-refractivity contribution in [2.75, 3.05) is 0 Å². The van der Waals surface area contributed by atoms with Gasteiger partial charge in [-0.2, -0.15) is 5.10 Å². The summed E-state index contributed by atoms with van der Waals surface area (Å²) in [5.74, 6) is 0.209. The molecule has 3 aromatic rings. The van der Waals surface area contributed by atoms with Crippen LogP contribution in [0.5, 0.6) is 0 Å². The number of nitrogens with one attached hydrogen (secondary N) is 1. The van der Waals surface area contributed by atoms with Crippen LogP contribution in [-0.4, -0.2) is 15.7 Å². The van der Waals surface area contributed by atoms with Crippen molar-refractivity contribution in [2.45, 2.75) is 39.8 Å². The maximum absolute atomic E-state index is 12.7. The molecule has 0 aliphatic rings. The molecule has 1 unspecified atom stereocenters. The van der Waals surface area contributed by atoms with Gasteiger partial charge in [-0.1, -0.05) is 44.2 Å². The zero-order valence-electron chi connectivity index (χ0n) is 16.4. The number of hydrogen-bond donors (Lipinski definition) is 1. The standard InChI is InChI=1S/C22H25N3O2S/c1-15(2)13-19(17-7-5-4-6-8-17)23-21(26)14-25-22(27)12-10-18(24-25)20-11-9-16(3)28-20/h4-12,15,19H,13-14H2,1-3H3,(H,23,26). The van der Waals surface area contributed by atoms with Crippen LogP contribution >= 0.6 is 11.3 Å². The molecule has 0 bridgehead atoms. The van der Waals surface area contributed by atoms with E-state index < -0.39 is 0 Å². The van der Waals surface area contributed by atoms with Gasteiger partial charge in [0.05, 0.1) is 10.9 Å². The summed E-state index contributed by atoms with van der Waals surface area (Å²) in [5.41, 5.74) is 1.48. The van der Waals surface area contributed by atoms with Gasteiger partial charge in [0.25, 0.3) is 5.56 Å². The molecule has 1 N–H and O–H groups in total. The highest BCUT2D eigenvalue weighted by molar-refractivity contribution is 7.15. The predicted molar refractivity (Wildman–Crippen MR) is 113 cm³/mol. The third-order valence-corrected chi connectivity index (χ3v) is 5.42. The van der Waals surface area contributed by atoms with Crippen molar-refractivity contribution in [2.24, 2.45) is 5.92 Å². The van der Waals surface area contributed by atoms with E-state index in [1.54, 1.807) is 17.4 Å². The van der Waals surface area contributed by atoms with Gasteiger partial charge in [-0.25, -0.2) is 4.68 Å². The number of rotatable bonds is 7. The van der Waals surface area contributed by atoms with Gasteiger partial charge in [-0.15, -0.1) is 11.3 Å². The van der Waals surface area contributed by atoms with Gasteiger partial charge in [0.15, 0.2) is 0 Å². The number of carbonyl (C=O) groups is 1. The quantitative estimate of drug-likeness (QED) is 0.653. The maximum Gasteiger partial charge on any atom is 0.267 e. The first-order chi connectivity index (χ1) is 13.4. The van der Waals surface area contributed by atoms with Gasteiger partial charge in [0.1, 0.15) is 12.2 Å². The number of amides is 1. The molecule has 0 aliphatic heterocycles. The van der Waals surface area contributed by atoms with Crippen molar-refractivity contribution in [3.05, 3.63) is 75.4 Å². The van der Waals surface area contributed by atoms with E-state index in [4.69, 9.17) is 0 Å². The predicted octanol–water partition coefficient (Wildman–Crippen LogP) is 4.18. The topological polar surface area (TPSA) is 64.0 Å². The molecule has 0 fully saturated rings. The van der Waals surface area contributed by atoms with Crippen LogP contribution in [0.2, 0.25) is 0 Å². The third-order valence-electron chi connectivity index (χ3n) is 4.40. The van der Waals surface area contributed by atoms with Gasteiger partial charge in [-0.05, 0) is 43.0 Å². The molecule has 1 aromatic carbocycles. The first-order valence-electron chi connectivity index (χ1n) is 9.41. The van der Waals surface area contributed by atoms with E-state index >= 15 is 0 Å². The summed E-state index contributed by atoms with van der Waals surface area (Å²) in [6, 6.07) is 17.0. The van der Waals surface area contributed by atoms with E-state index in [0.29, 0.717) is 11.6 Å². The first kappa shape index (κ1) is 20.0. The molecular formula is C22H25N3O2S. The molecule has 0 aliphatic carbocycles. The van der Waals surface area contributed by atoms with Crippen LogP contribution in [-0.2, 0) is 11.3 Å². The van der Waals surface area contributed by atoms with Gasteiger partial charge in [-0.3, -0.25) is 9.59 Å².